The predicted molar refractivity (Wildman–Crippen MR) is 134 cm³/mol. The molecule has 0 bridgehead atoms. The first-order valence-corrected chi connectivity index (χ1v) is 11.6. The standard InChI is InChI=1S/C24H29N7OS/c1-16-8-6-10-18(12-16)20-21(28-24(2,3)4)31-22(27-20)33-23(29-31)30(5)15-19(32)26-14-17-9-7-11-25-13-17/h6-13,28H,14-15H2,1-5H3,(H,26,32). The van der Waals surface area contributed by atoms with E-state index in [9.17, 15) is 4.79 Å². The topological polar surface area (TPSA) is 87.5 Å². The van der Waals surface area contributed by atoms with Gasteiger partial charge in [0.2, 0.25) is 16.0 Å². The van der Waals surface area contributed by atoms with E-state index in [0.717, 1.165) is 32.7 Å². The van der Waals surface area contributed by atoms with Crippen LogP contribution in [0.5, 0.6) is 0 Å². The summed E-state index contributed by atoms with van der Waals surface area (Å²) in [7, 11) is 1.86. The number of pyridine rings is 1. The third-order valence-electron chi connectivity index (χ3n) is 4.90. The van der Waals surface area contributed by atoms with Gasteiger partial charge in [-0.3, -0.25) is 9.78 Å². The number of anilines is 2. The minimum Gasteiger partial charge on any atom is -0.364 e. The summed E-state index contributed by atoms with van der Waals surface area (Å²) in [6.07, 6.45) is 3.46. The average molecular weight is 464 g/mol. The van der Waals surface area contributed by atoms with Crippen molar-refractivity contribution < 1.29 is 4.79 Å². The number of aromatic nitrogens is 4. The quantitative estimate of drug-likeness (QED) is 0.429. The number of aryl methyl sites for hydroxylation is 1. The van der Waals surface area contributed by atoms with Crippen LogP contribution >= 0.6 is 11.3 Å². The zero-order valence-electron chi connectivity index (χ0n) is 19.6. The zero-order chi connectivity index (χ0) is 23.6. The predicted octanol–water partition coefficient (Wildman–Crippen LogP) is 4.12. The molecule has 0 atom stereocenters. The number of likely N-dealkylation sites (N-methyl/N-ethyl adjacent to an activating group) is 1. The molecule has 1 aromatic carbocycles. The van der Waals surface area contributed by atoms with Gasteiger partial charge in [-0.05, 0) is 45.4 Å². The monoisotopic (exact) mass is 463 g/mol. The Labute approximate surface area is 197 Å². The number of carbonyl (C=O) groups is 1. The van der Waals surface area contributed by atoms with Gasteiger partial charge in [0.1, 0.15) is 5.69 Å². The molecule has 0 aliphatic rings. The van der Waals surface area contributed by atoms with Crippen molar-refractivity contribution in [2.24, 2.45) is 0 Å². The van der Waals surface area contributed by atoms with Gasteiger partial charge in [-0.1, -0.05) is 41.2 Å². The molecular formula is C24H29N7OS. The van der Waals surface area contributed by atoms with Crippen LogP contribution in [0.4, 0.5) is 10.9 Å². The van der Waals surface area contributed by atoms with E-state index in [1.807, 2.05) is 34.7 Å². The van der Waals surface area contributed by atoms with E-state index >= 15 is 0 Å². The number of rotatable bonds is 7. The summed E-state index contributed by atoms with van der Waals surface area (Å²) in [6.45, 7) is 9.05. The van der Waals surface area contributed by atoms with Crippen LogP contribution in [0.1, 0.15) is 31.9 Å². The van der Waals surface area contributed by atoms with Gasteiger partial charge < -0.3 is 15.5 Å². The maximum Gasteiger partial charge on any atom is 0.239 e. The van der Waals surface area contributed by atoms with Gasteiger partial charge in [-0.15, -0.1) is 5.10 Å². The first-order chi connectivity index (χ1) is 15.7. The lowest BCUT2D eigenvalue weighted by Gasteiger charge is -2.22. The lowest BCUT2D eigenvalue weighted by molar-refractivity contribution is -0.119. The van der Waals surface area contributed by atoms with Crippen molar-refractivity contribution >= 4 is 33.2 Å². The number of benzene rings is 1. The third-order valence-corrected chi connectivity index (χ3v) is 5.92. The largest absolute Gasteiger partial charge is 0.364 e. The Morgan fingerprint density at radius 1 is 1.21 bits per heavy atom. The molecule has 0 spiro atoms. The van der Waals surface area contributed by atoms with Gasteiger partial charge in [-0.25, -0.2) is 4.98 Å². The van der Waals surface area contributed by atoms with E-state index in [1.54, 1.807) is 12.4 Å². The highest BCUT2D eigenvalue weighted by molar-refractivity contribution is 7.20. The Morgan fingerprint density at radius 2 is 2.03 bits per heavy atom. The molecule has 3 aromatic heterocycles. The molecule has 1 amide bonds. The normalized spacial score (nSPS) is 11.5. The molecule has 0 fully saturated rings. The fourth-order valence-corrected chi connectivity index (χ4v) is 4.26. The first kappa shape index (κ1) is 22.7. The van der Waals surface area contributed by atoms with Crippen molar-refractivity contribution in [3.8, 4) is 11.3 Å². The van der Waals surface area contributed by atoms with Crippen molar-refractivity contribution in [1.82, 2.24) is 24.9 Å². The number of nitrogens with zero attached hydrogens (tertiary/aromatic N) is 5. The molecule has 4 aromatic rings. The molecule has 0 saturated heterocycles. The Bertz CT molecular complexity index is 1260. The molecule has 33 heavy (non-hydrogen) atoms. The van der Waals surface area contributed by atoms with Gasteiger partial charge in [0, 0.05) is 37.1 Å². The van der Waals surface area contributed by atoms with Crippen molar-refractivity contribution in [3.05, 3.63) is 59.9 Å². The molecule has 9 heteroatoms. The summed E-state index contributed by atoms with van der Waals surface area (Å²) < 4.78 is 1.84. The van der Waals surface area contributed by atoms with E-state index in [0.29, 0.717) is 6.54 Å². The zero-order valence-corrected chi connectivity index (χ0v) is 20.4. The average Bonchev–Trinajstić information content (AvgIpc) is 3.31. The smallest absolute Gasteiger partial charge is 0.239 e. The summed E-state index contributed by atoms with van der Waals surface area (Å²) >= 11 is 1.46. The number of amides is 1. The highest BCUT2D eigenvalue weighted by Crippen LogP contribution is 2.34. The highest BCUT2D eigenvalue weighted by atomic mass is 32.1. The van der Waals surface area contributed by atoms with Crippen LogP contribution in [0, 0.1) is 6.92 Å². The maximum atomic E-state index is 12.4. The van der Waals surface area contributed by atoms with Gasteiger partial charge in [-0.2, -0.15) is 4.52 Å². The van der Waals surface area contributed by atoms with Gasteiger partial charge in [0.05, 0.1) is 6.54 Å². The van der Waals surface area contributed by atoms with Crippen LogP contribution in [0.25, 0.3) is 16.2 Å². The maximum absolute atomic E-state index is 12.4. The fraction of sp³-hybridized carbons (Fsp3) is 0.333. The molecule has 172 valence electrons. The van der Waals surface area contributed by atoms with Gasteiger partial charge >= 0.3 is 0 Å². The molecule has 0 aliphatic carbocycles. The van der Waals surface area contributed by atoms with Crippen LogP contribution in [0.3, 0.4) is 0 Å². The number of imidazole rings is 1. The van der Waals surface area contributed by atoms with E-state index in [2.05, 4.69) is 61.5 Å². The van der Waals surface area contributed by atoms with Crippen LogP contribution < -0.4 is 15.5 Å². The van der Waals surface area contributed by atoms with Crippen molar-refractivity contribution in [2.75, 3.05) is 23.8 Å². The van der Waals surface area contributed by atoms with Crippen LogP contribution in [0.2, 0.25) is 0 Å². The number of carbonyl (C=O) groups excluding carboxylic acids is 1. The SMILES string of the molecule is Cc1cccc(-c2nc3sc(N(C)CC(=O)NCc4cccnc4)nn3c2NC(C)(C)C)c1. The van der Waals surface area contributed by atoms with E-state index in [1.165, 1.54) is 16.9 Å². The van der Waals surface area contributed by atoms with Crippen molar-refractivity contribution in [2.45, 2.75) is 39.8 Å². The van der Waals surface area contributed by atoms with E-state index in [4.69, 9.17) is 10.1 Å². The fourth-order valence-electron chi connectivity index (χ4n) is 3.40. The molecule has 0 unspecified atom stereocenters. The van der Waals surface area contributed by atoms with Crippen molar-refractivity contribution in [1.29, 1.82) is 0 Å². The number of nitrogens with one attached hydrogen (secondary N) is 2. The van der Waals surface area contributed by atoms with Crippen LogP contribution in [-0.2, 0) is 11.3 Å². The second kappa shape index (κ2) is 9.19. The number of hydrogen-bond acceptors (Lipinski definition) is 7. The molecule has 3 heterocycles. The summed E-state index contributed by atoms with van der Waals surface area (Å²) in [6, 6.07) is 12.1. The highest BCUT2D eigenvalue weighted by Gasteiger charge is 2.23. The van der Waals surface area contributed by atoms with Gasteiger partial charge in [0.25, 0.3) is 0 Å². The number of fused-ring (bicyclic) bond motifs is 1. The van der Waals surface area contributed by atoms with Crippen molar-refractivity contribution in [3.63, 3.8) is 0 Å². The lowest BCUT2D eigenvalue weighted by atomic mass is 10.1. The summed E-state index contributed by atoms with van der Waals surface area (Å²) in [5, 5.41) is 12.0. The summed E-state index contributed by atoms with van der Waals surface area (Å²) in [4.78, 5) is 24.0. The molecule has 4 rings (SSSR count). The Balaban J connectivity index is 1.56. The van der Waals surface area contributed by atoms with E-state index in [-0.39, 0.29) is 18.0 Å². The van der Waals surface area contributed by atoms with E-state index < -0.39 is 0 Å². The molecule has 0 aliphatic heterocycles. The lowest BCUT2D eigenvalue weighted by Crippen LogP contribution is -2.34. The Kier molecular flexibility index (Phi) is 6.33. The Hall–Kier alpha value is -3.46. The van der Waals surface area contributed by atoms with Crippen LogP contribution in [0.15, 0.2) is 48.8 Å². The first-order valence-electron chi connectivity index (χ1n) is 10.8. The molecule has 8 nitrogen and oxygen atoms in total. The molecule has 2 N–H and O–H groups in total. The molecule has 0 saturated carbocycles. The molecular weight excluding hydrogens is 434 g/mol. The minimum atomic E-state index is -0.170. The summed E-state index contributed by atoms with van der Waals surface area (Å²) in [5.74, 6) is 0.766. The number of hydrogen-bond donors (Lipinski definition) is 2. The van der Waals surface area contributed by atoms with Gasteiger partial charge in [0.15, 0.2) is 5.82 Å². The second-order valence-electron chi connectivity index (χ2n) is 9.13. The summed E-state index contributed by atoms with van der Waals surface area (Å²) in [5.41, 5.74) is 3.88. The van der Waals surface area contributed by atoms with Crippen LogP contribution in [-0.4, -0.2) is 44.6 Å². The minimum absolute atomic E-state index is 0.0808. The third kappa shape index (κ3) is 5.48. The second-order valence-corrected chi connectivity index (χ2v) is 10.1. The molecule has 0 radical (unpaired) electrons. The Morgan fingerprint density at radius 3 is 2.73 bits per heavy atom.